The lowest BCUT2D eigenvalue weighted by Gasteiger charge is -2.16. The van der Waals surface area contributed by atoms with Crippen LogP contribution in [0, 0.1) is 13.8 Å². The second-order valence-corrected chi connectivity index (χ2v) is 7.72. The lowest BCUT2D eigenvalue weighted by Crippen LogP contribution is -2.27. The molecule has 1 amide bonds. The van der Waals surface area contributed by atoms with E-state index < -0.39 is 0 Å². The smallest absolute Gasteiger partial charge is 0.298 e. The zero-order valence-electron chi connectivity index (χ0n) is 16.7. The highest BCUT2D eigenvalue weighted by molar-refractivity contribution is 7.09. The third-order valence-corrected chi connectivity index (χ3v) is 5.41. The Morgan fingerprint density at radius 1 is 1.34 bits per heavy atom. The van der Waals surface area contributed by atoms with Crippen LogP contribution >= 0.6 is 11.3 Å². The number of aromatic nitrogens is 3. The van der Waals surface area contributed by atoms with Gasteiger partial charge in [-0.2, -0.15) is 0 Å². The Labute approximate surface area is 172 Å². The second kappa shape index (κ2) is 8.87. The summed E-state index contributed by atoms with van der Waals surface area (Å²) in [6.45, 7) is 5.97. The number of pyridine rings is 1. The summed E-state index contributed by atoms with van der Waals surface area (Å²) in [5.41, 5.74) is 8.45. The van der Waals surface area contributed by atoms with E-state index in [1.807, 2.05) is 18.4 Å². The standard InChI is InChI=1S/C20H24N6O2S/c1-12-10-24-19(22-7-6-16-5-4-8-29-16)20(28)26(12)17-9-15(11-23-14(3)27)13(2)25-18(17)21/h4-5,8-10H,6-7,11H2,1-3H3,(H2,21,25)(H,22,24)(H,23,27). The molecule has 3 aromatic heterocycles. The number of hydrogen-bond donors (Lipinski definition) is 3. The molecule has 0 unspecified atom stereocenters. The number of nitrogens with one attached hydrogen (secondary N) is 2. The average Bonchev–Trinajstić information content (AvgIpc) is 3.17. The first kappa shape index (κ1) is 20.5. The predicted octanol–water partition coefficient (Wildman–Crippen LogP) is 2.18. The van der Waals surface area contributed by atoms with Crippen molar-refractivity contribution in [2.24, 2.45) is 0 Å². The van der Waals surface area contributed by atoms with Crippen LogP contribution in [-0.4, -0.2) is 27.0 Å². The maximum Gasteiger partial charge on any atom is 0.298 e. The Hall–Kier alpha value is -3.20. The van der Waals surface area contributed by atoms with Crippen molar-refractivity contribution in [1.29, 1.82) is 0 Å². The summed E-state index contributed by atoms with van der Waals surface area (Å²) in [5, 5.41) is 7.90. The van der Waals surface area contributed by atoms with E-state index >= 15 is 0 Å². The minimum absolute atomic E-state index is 0.141. The number of aryl methyl sites for hydroxylation is 2. The average molecular weight is 413 g/mol. The number of carbonyl (C=O) groups is 1. The van der Waals surface area contributed by atoms with E-state index in [0.29, 0.717) is 30.2 Å². The van der Waals surface area contributed by atoms with Crippen LogP contribution in [0.5, 0.6) is 0 Å². The number of nitrogens with zero attached hydrogens (tertiary/aromatic N) is 3. The molecule has 0 saturated heterocycles. The summed E-state index contributed by atoms with van der Waals surface area (Å²) in [5.74, 6) is 0.364. The summed E-state index contributed by atoms with van der Waals surface area (Å²) in [4.78, 5) is 34.2. The highest BCUT2D eigenvalue weighted by Gasteiger charge is 2.15. The van der Waals surface area contributed by atoms with Crippen molar-refractivity contribution in [2.75, 3.05) is 17.6 Å². The van der Waals surface area contributed by atoms with Crippen LogP contribution in [-0.2, 0) is 17.8 Å². The van der Waals surface area contributed by atoms with E-state index in [4.69, 9.17) is 5.73 Å². The topological polar surface area (TPSA) is 115 Å². The molecule has 3 heterocycles. The van der Waals surface area contributed by atoms with Crippen molar-refractivity contribution in [3.8, 4) is 5.69 Å². The minimum Gasteiger partial charge on any atom is -0.382 e. The molecule has 0 aromatic carbocycles. The Morgan fingerprint density at radius 3 is 2.83 bits per heavy atom. The van der Waals surface area contributed by atoms with E-state index in [1.54, 1.807) is 30.5 Å². The van der Waals surface area contributed by atoms with Gasteiger partial charge in [0.25, 0.3) is 5.56 Å². The van der Waals surface area contributed by atoms with E-state index in [9.17, 15) is 9.59 Å². The van der Waals surface area contributed by atoms with Crippen molar-refractivity contribution in [2.45, 2.75) is 33.7 Å². The molecular weight excluding hydrogens is 388 g/mol. The van der Waals surface area contributed by atoms with Crippen molar-refractivity contribution in [1.82, 2.24) is 19.9 Å². The first-order valence-corrected chi connectivity index (χ1v) is 10.1. The first-order chi connectivity index (χ1) is 13.9. The molecular formula is C20H24N6O2S. The zero-order valence-corrected chi connectivity index (χ0v) is 17.5. The molecule has 0 aliphatic rings. The molecule has 4 N–H and O–H groups in total. The number of carbonyl (C=O) groups excluding carboxylic acids is 1. The lowest BCUT2D eigenvalue weighted by atomic mass is 10.1. The van der Waals surface area contributed by atoms with Crippen molar-refractivity contribution in [3.63, 3.8) is 0 Å². The monoisotopic (exact) mass is 412 g/mol. The molecule has 8 nitrogen and oxygen atoms in total. The molecule has 9 heteroatoms. The number of nitrogen functional groups attached to an aromatic ring is 1. The van der Waals surface area contributed by atoms with Gasteiger partial charge in [-0.3, -0.25) is 14.2 Å². The summed E-state index contributed by atoms with van der Waals surface area (Å²) >= 11 is 1.68. The quantitative estimate of drug-likeness (QED) is 0.548. The van der Waals surface area contributed by atoms with Gasteiger partial charge in [0.1, 0.15) is 5.82 Å². The third-order valence-electron chi connectivity index (χ3n) is 4.48. The van der Waals surface area contributed by atoms with Gasteiger partial charge in [-0.15, -0.1) is 11.3 Å². The Bertz CT molecular complexity index is 1080. The highest BCUT2D eigenvalue weighted by Crippen LogP contribution is 2.20. The molecule has 0 atom stereocenters. The van der Waals surface area contributed by atoms with E-state index in [1.165, 1.54) is 16.4 Å². The largest absolute Gasteiger partial charge is 0.382 e. The van der Waals surface area contributed by atoms with Crippen LogP contribution in [0.4, 0.5) is 11.6 Å². The maximum atomic E-state index is 13.1. The third kappa shape index (κ3) is 4.80. The van der Waals surface area contributed by atoms with Gasteiger partial charge < -0.3 is 16.4 Å². The number of thiophene rings is 1. The zero-order chi connectivity index (χ0) is 21.0. The summed E-state index contributed by atoms with van der Waals surface area (Å²) in [7, 11) is 0. The van der Waals surface area contributed by atoms with Gasteiger partial charge in [-0.25, -0.2) is 9.97 Å². The Balaban J connectivity index is 1.92. The summed E-state index contributed by atoms with van der Waals surface area (Å²) in [6, 6.07) is 5.85. The molecule has 0 fully saturated rings. The highest BCUT2D eigenvalue weighted by atomic mass is 32.1. The summed E-state index contributed by atoms with van der Waals surface area (Å²) in [6.07, 6.45) is 2.43. The number of hydrogen-bond acceptors (Lipinski definition) is 7. The minimum atomic E-state index is -0.293. The molecule has 152 valence electrons. The molecule has 0 spiro atoms. The molecule has 29 heavy (non-hydrogen) atoms. The fourth-order valence-corrected chi connectivity index (χ4v) is 3.66. The molecule has 3 aromatic rings. The molecule has 0 aliphatic carbocycles. The number of rotatable bonds is 7. The van der Waals surface area contributed by atoms with Crippen molar-refractivity contribution in [3.05, 3.63) is 62.0 Å². The Kier molecular flexibility index (Phi) is 6.28. The molecule has 3 rings (SSSR count). The predicted molar refractivity (Wildman–Crippen MR) is 116 cm³/mol. The first-order valence-electron chi connectivity index (χ1n) is 9.22. The fraction of sp³-hybridized carbons (Fsp3) is 0.300. The molecule has 0 radical (unpaired) electrons. The van der Waals surface area contributed by atoms with Gasteiger partial charge in [0.2, 0.25) is 5.91 Å². The number of amides is 1. The van der Waals surface area contributed by atoms with Gasteiger partial charge in [0.15, 0.2) is 5.82 Å². The lowest BCUT2D eigenvalue weighted by molar-refractivity contribution is -0.119. The molecule has 0 bridgehead atoms. The molecule has 0 saturated carbocycles. The van der Waals surface area contributed by atoms with Crippen molar-refractivity contribution >= 4 is 28.9 Å². The van der Waals surface area contributed by atoms with Gasteiger partial charge >= 0.3 is 0 Å². The SMILES string of the molecule is CC(=O)NCc1cc(-n2c(C)cnc(NCCc3cccs3)c2=O)c(N)nc1C. The van der Waals surface area contributed by atoms with E-state index in [2.05, 4.69) is 26.7 Å². The van der Waals surface area contributed by atoms with Crippen LogP contribution in [0.15, 0.2) is 34.6 Å². The normalized spacial score (nSPS) is 10.7. The van der Waals surface area contributed by atoms with Crippen LogP contribution in [0.2, 0.25) is 0 Å². The van der Waals surface area contributed by atoms with Crippen LogP contribution < -0.4 is 21.9 Å². The molecule has 0 aliphatic heterocycles. The number of nitrogens with two attached hydrogens (primary N) is 1. The maximum absolute atomic E-state index is 13.1. The van der Waals surface area contributed by atoms with Gasteiger partial charge in [-0.05, 0) is 43.3 Å². The fourth-order valence-electron chi connectivity index (χ4n) is 2.95. The Morgan fingerprint density at radius 2 is 2.14 bits per heavy atom. The van der Waals surface area contributed by atoms with Crippen LogP contribution in [0.3, 0.4) is 0 Å². The van der Waals surface area contributed by atoms with Crippen LogP contribution in [0.25, 0.3) is 5.69 Å². The van der Waals surface area contributed by atoms with E-state index in [0.717, 1.165) is 12.0 Å². The second-order valence-electron chi connectivity index (χ2n) is 6.69. The van der Waals surface area contributed by atoms with Crippen LogP contribution in [0.1, 0.15) is 28.8 Å². The van der Waals surface area contributed by atoms with E-state index in [-0.39, 0.29) is 23.1 Å². The number of anilines is 2. The van der Waals surface area contributed by atoms with Gasteiger partial charge in [-0.1, -0.05) is 6.07 Å². The van der Waals surface area contributed by atoms with Crippen molar-refractivity contribution < 1.29 is 4.79 Å². The van der Waals surface area contributed by atoms with Gasteiger partial charge in [0, 0.05) is 42.5 Å². The van der Waals surface area contributed by atoms with Gasteiger partial charge in [0.05, 0.1) is 5.69 Å². The summed E-state index contributed by atoms with van der Waals surface area (Å²) < 4.78 is 1.50.